The van der Waals surface area contributed by atoms with E-state index in [1.54, 1.807) is 18.7 Å². The summed E-state index contributed by atoms with van der Waals surface area (Å²) >= 11 is 0. The van der Waals surface area contributed by atoms with Crippen molar-refractivity contribution >= 4 is 12.1 Å². The molecule has 3 aromatic rings. The van der Waals surface area contributed by atoms with Gasteiger partial charge >= 0.3 is 12.1 Å². The van der Waals surface area contributed by atoms with Crippen molar-refractivity contribution in [2.24, 2.45) is 7.05 Å². The van der Waals surface area contributed by atoms with Crippen molar-refractivity contribution in [2.75, 3.05) is 13.2 Å². The minimum absolute atomic E-state index is 0.0850. The molecule has 1 aliphatic rings. The van der Waals surface area contributed by atoms with Crippen LogP contribution >= 0.6 is 0 Å². The zero-order valence-corrected chi connectivity index (χ0v) is 18.5. The molecule has 1 aliphatic carbocycles. The molecule has 1 amide bonds. The monoisotopic (exact) mass is 433 g/mol. The van der Waals surface area contributed by atoms with Crippen LogP contribution < -0.4 is 0 Å². The van der Waals surface area contributed by atoms with Crippen LogP contribution in [0.4, 0.5) is 4.79 Å². The van der Waals surface area contributed by atoms with Gasteiger partial charge in [-0.25, -0.2) is 9.59 Å². The maximum Gasteiger partial charge on any atom is 0.410 e. The highest BCUT2D eigenvalue weighted by Gasteiger charge is 2.35. The Labute approximate surface area is 187 Å². The van der Waals surface area contributed by atoms with Crippen LogP contribution in [0.15, 0.2) is 54.7 Å². The van der Waals surface area contributed by atoms with E-state index < -0.39 is 18.1 Å². The van der Waals surface area contributed by atoms with Crippen LogP contribution in [0.5, 0.6) is 0 Å². The van der Waals surface area contributed by atoms with Crippen LogP contribution in [0.1, 0.15) is 47.7 Å². The van der Waals surface area contributed by atoms with Gasteiger partial charge in [0.2, 0.25) is 0 Å². The molecule has 0 saturated heterocycles. The second kappa shape index (κ2) is 8.86. The predicted molar refractivity (Wildman–Crippen MR) is 120 cm³/mol. The minimum atomic E-state index is -1.15. The smallest absolute Gasteiger partial charge is 0.410 e. The Morgan fingerprint density at radius 2 is 1.72 bits per heavy atom. The van der Waals surface area contributed by atoms with Crippen LogP contribution in [-0.4, -0.2) is 45.0 Å². The molecule has 0 aliphatic heterocycles. The largest absolute Gasteiger partial charge is 0.479 e. The van der Waals surface area contributed by atoms with Crippen LogP contribution in [0.25, 0.3) is 11.1 Å². The molecule has 7 nitrogen and oxygen atoms in total. The van der Waals surface area contributed by atoms with E-state index in [0.717, 1.165) is 22.3 Å². The third kappa shape index (κ3) is 3.75. The van der Waals surface area contributed by atoms with Crippen molar-refractivity contribution in [3.05, 3.63) is 77.1 Å². The fourth-order valence-corrected chi connectivity index (χ4v) is 4.46. The van der Waals surface area contributed by atoms with Crippen LogP contribution in [0.3, 0.4) is 0 Å². The first-order valence-corrected chi connectivity index (χ1v) is 10.8. The number of hydrogen-bond acceptors (Lipinski definition) is 4. The number of aliphatic carboxylic acids is 1. The first-order valence-electron chi connectivity index (χ1n) is 10.8. The summed E-state index contributed by atoms with van der Waals surface area (Å²) in [5, 5.41) is 14.1. The highest BCUT2D eigenvalue weighted by Crippen LogP contribution is 2.44. The Morgan fingerprint density at radius 3 is 2.22 bits per heavy atom. The Morgan fingerprint density at radius 1 is 1.12 bits per heavy atom. The third-order valence-electron chi connectivity index (χ3n) is 6.15. The van der Waals surface area contributed by atoms with Gasteiger partial charge in [-0.3, -0.25) is 9.58 Å². The summed E-state index contributed by atoms with van der Waals surface area (Å²) in [7, 11) is 1.75. The number of carbonyl (C=O) groups excluding carboxylic acids is 1. The van der Waals surface area contributed by atoms with Gasteiger partial charge in [-0.2, -0.15) is 5.10 Å². The number of carboxylic acids is 1. The molecular weight excluding hydrogens is 406 g/mol. The van der Waals surface area contributed by atoms with E-state index in [0.29, 0.717) is 17.7 Å². The van der Waals surface area contributed by atoms with E-state index in [1.165, 1.54) is 11.1 Å². The lowest BCUT2D eigenvalue weighted by Gasteiger charge is -2.28. The van der Waals surface area contributed by atoms with E-state index >= 15 is 0 Å². The molecule has 0 radical (unpaired) electrons. The summed E-state index contributed by atoms with van der Waals surface area (Å²) < 4.78 is 7.35. The van der Waals surface area contributed by atoms with Gasteiger partial charge in [-0.05, 0) is 35.6 Å². The quantitative estimate of drug-likeness (QED) is 0.592. The molecule has 166 valence electrons. The second-order valence-corrected chi connectivity index (χ2v) is 8.05. The topological polar surface area (TPSA) is 84.7 Å². The molecule has 1 heterocycles. The van der Waals surface area contributed by atoms with Crippen LogP contribution in [0, 0.1) is 6.92 Å². The standard InChI is InChI=1S/C25H27N3O4/c1-4-13-28(23(24(29)30)21-14-26-27(3)16(21)2)25(31)32-15-22-19-11-7-5-9-17(19)18-10-6-8-12-20(18)22/h5-12,14,22-23H,4,13,15H2,1-3H3,(H,29,30). The number of rotatable bonds is 7. The number of ether oxygens (including phenoxy) is 1. The number of aryl methyl sites for hydroxylation is 1. The summed E-state index contributed by atoms with van der Waals surface area (Å²) in [6.45, 7) is 4.10. The van der Waals surface area contributed by atoms with Crippen molar-refractivity contribution < 1.29 is 19.4 Å². The number of benzene rings is 2. The average Bonchev–Trinajstić information content (AvgIpc) is 3.29. The molecule has 7 heteroatoms. The van der Waals surface area contributed by atoms with Gasteiger partial charge < -0.3 is 9.84 Å². The number of aromatic nitrogens is 2. The van der Waals surface area contributed by atoms with Crippen molar-refractivity contribution in [1.82, 2.24) is 14.7 Å². The minimum Gasteiger partial charge on any atom is -0.479 e. The molecule has 1 unspecified atom stereocenters. The van der Waals surface area contributed by atoms with Gasteiger partial charge in [-0.15, -0.1) is 0 Å². The van der Waals surface area contributed by atoms with Crippen LogP contribution in [0.2, 0.25) is 0 Å². The number of carbonyl (C=O) groups is 2. The summed E-state index contributed by atoms with van der Waals surface area (Å²) in [5.41, 5.74) is 5.70. The Hall–Kier alpha value is -3.61. The van der Waals surface area contributed by atoms with Crippen molar-refractivity contribution in [1.29, 1.82) is 0 Å². The van der Waals surface area contributed by atoms with Crippen molar-refractivity contribution in [3.63, 3.8) is 0 Å². The molecule has 0 saturated carbocycles. The molecule has 2 aromatic carbocycles. The van der Waals surface area contributed by atoms with Gasteiger partial charge in [0.25, 0.3) is 0 Å². The molecular formula is C25H27N3O4. The van der Waals surface area contributed by atoms with E-state index in [9.17, 15) is 14.7 Å². The van der Waals surface area contributed by atoms with Crippen molar-refractivity contribution in [2.45, 2.75) is 32.2 Å². The van der Waals surface area contributed by atoms with Gasteiger partial charge in [0.1, 0.15) is 6.61 Å². The van der Waals surface area contributed by atoms with Crippen molar-refractivity contribution in [3.8, 4) is 11.1 Å². The molecule has 0 fully saturated rings. The predicted octanol–water partition coefficient (Wildman–Crippen LogP) is 4.52. The zero-order chi connectivity index (χ0) is 22.8. The first kappa shape index (κ1) is 21.6. The Kier molecular flexibility index (Phi) is 5.99. The lowest BCUT2D eigenvalue weighted by atomic mass is 9.98. The van der Waals surface area contributed by atoms with E-state index in [1.807, 2.05) is 31.2 Å². The lowest BCUT2D eigenvalue weighted by molar-refractivity contribution is -0.143. The maximum atomic E-state index is 13.2. The fourth-order valence-electron chi connectivity index (χ4n) is 4.46. The Balaban J connectivity index is 1.59. The maximum absolute atomic E-state index is 13.2. The summed E-state index contributed by atoms with van der Waals surface area (Å²) in [4.78, 5) is 26.6. The van der Waals surface area contributed by atoms with Gasteiger partial charge in [0, 0.05) is 30.8 Å². The van der Waals surface area contributed by atoms with Crippen LogP contribution in [-0.2, 0) is 16.6 Å². The van der Waals surface area contributed by atoms with E-state index in [-0.39, 0.29) is 19.1 Å². The third-order valence-corrected chi connectivity index (χ3v) is 6.15. The number of carboxylic acid groups (broad SMARTS) is 1. The average molecular weight is 434 g/mol. The van der Waals surface area contributed by atoms with Gasteiger partial charge in [-0.1, -0.05) is 55.5 Å². The first-order chi connectivity index (χ1) is 15.4. The molecule has 1 atom stereocenters. The Bertz CT molecular complexity index is 1110. The molecule has 0 bridgehead atoms. The molecule has 32 heavy (non-hydrogen) atoms. The number of hydrogen-bond donors (Lipinski definition) is 1. The zero-order valence-electron chi connectivity index (χ0n) is 18.5. The second-order valence-electron chi connectivity index (χ2n) is 8.05. The molecule has 1 aromatic heterocycles. The molecule has 4 rings (SSSR count). The summed E-state index contributed by atoms with van der Waals surface area (Å²) in [6.07, 6.45) is 1.48. The fraction of sp³-hybridized carbons (Fsp3) is 0.320. The highest BCUT2D eigenvalue weighted by molar-refractivity contribution is 5.82. The van der Waals surface area contributed by atoms with E-state index in [2.05, 4.69) is 29.4 Å². The lowest BCUT2D eigenvalue weighted by Crippen LogP contribution is -2.40. The van der Waals surface area contributed by atoms with Gasteiger partial charge in [0.05, 0.1) is 6.20 Å². The summed E-state index contributed by atoms with van der Waals surface area (Å²) in [6, 6.07) is 15.1. The molecule has 1 N–H and O–H groups in total. The van der Waals surface area contributed by atoms with E-state index in [4.69, 9.17) is 4.74 Å². The molecule has 0 spiro atoms. The normalized spacial score (nSPS) is 13.3. The highest BCUT2D eigenvalue weighted by atomic mass is 16.6. The number of fused-ring (bicyclic) bond motifs is 3. The number of amides is 1. The van der Waals surface area contributed by atoms with Gasteiger partial charge in [0.15, 0.2) is 6.04 Å². The number of nitrogens with zero attached hydrogens (tertiary/aromatic N) is 3. The summed E-state index contributed by atoms with van der Waals surface area (Å²) in [5.74, 6) is -1.19. The SMILES string of the molecule is CCCN(C(=O)OCC1c2ccccc2-c2ccccc21)C(C(=O)O)c1cnn(C)c1C.